The van der Waals surface area contributed by atoms with Crippen LogP contribution in [0.2, 0.25) is 0 Å². The van der Waals surface area contributed by atoms with Crippen molar-refractivity contribution in [3.63, 3.8) is 0 Å². The zero-order chi connectivity index (χ0) is 16.7. The Hall–Kier alpha value is -1.87. The number of carbonyl (C=O) groups excluding carboxylic acids is 2. The largest absolute Gasteiger partial charge is 0.466 e. The van der Waals surface area contributed by atoms with Gasteiger partial charge in [-0.2, -0.15) is 13.2 Å². The van der Waals surface area contributed by atoms with Crippen molar-refractivity contribution >= 4 is 33.5 Å². The van der Waals surface area contributed by atoms with E-state index < -0.39 is 34.9 Å². The molecule has 1 aliphatic heterocycles. The molecule has 0 aromatic heterocycles. The molecule has 1 unspecified atom stereocenters. The Bertz CT molecular complexity index is 669. The third kappa shape index (κ3) is 2.40. The van der Waals surface area contributed by atoms with E-state index in [0.29, 0.717) is 4.47 Å². The number of aliphatic hydroxyl groups is 1. The Balaban J connectivity index is 2.71. The topological polar surface area (TPSA) is 75.6 Å². The molecule has 118 valence electrons. The number of rotatable bonds is 2. The molecule has 0 spiro atoms. The monoisotopic (exact) mass is 379 g/mol. The summed E-state index contributed by atoms with van der Waals surface area (Å²) >= 11 is 3.15. The Labute approximate surface area is 130 Å². The number of hydrogen-bond donors (Lipinski definition) is 2. The second-order valence-electron chi connectivity index (χ2n) is 4.41. The maximum absolute atomic E-state index is 13.1. The molecule has 1 amide bonds. The summed E-state index contributed by atoms with van der Waals surface area (Å²) in [6.45, 7) is 0. The minimum absolute atomic E-state index is 0.122. The van der Waals surface area contributed by atoms with Gasteiger partial charge >= 0.3 is 12.1 Å². The fraction of sp³-hybridized carbons (Fsp3) is 0.231. The molecule has 2 N–H and O–H groups in total. The van der Waals surface area contributed by atoms with Crippen molar-refractivity contribution in [2.24, 2.45) is 0 Å². The highest BCUT2D eigenvalue weighted by atomic mass is 79.9. The number of hydrogen-bond acceptors (Lipinski definition) is 4. The van der Waals surface area contributed by atoms with Crippen molar-refractivity contribution in [3.8, 4) is 0 Å². The minimum atomic E-state index is -5.38. The zero-order valence-corrected chi connectivity index (χ0v) is 12.6. The SMILES string of the molecule is COC(=O)C1=C(c2ccc(Br)cc2)NC(=O)C1(O)C(F)(F)F. The van der Waals surface area contributed by atoms with E-state index in [0.717, 1.165) is 7.11 Å². The van der Waals surface area contributed by atoms with Gasteiger partial charge in [-0.05, 0) is 17.7 Å². The van der Waals surface area contributed by atoms with Crippen molar-refractivity contribution < 1.29 is 32.6 Å². The summed E-state index contributed by atoms with van der Waals surface area (Å²) in [6, 6.07) is 5.78. The number of methoxy groups -OCH3 is 1. The van der Waals surface area contributed by atoms with E-state index in [1.54, 1.807) is 0 Å². The van der Waals surface area contributed by atoms with Crippen LogP contribution >= 0.6 is 15.9 Å². The van der Waals surface area contributed by atoms with Gasteiger partial charge in [-0.3, -0.25) is 4.79 Å². The van der Waals surface area contributed by atoms with Gasteiger partial charge in [-0.15, -0.1) is 0 Å². The van der Waals surface area contributed by atoms with Gasteiger partial charge in [-0.25, -0.2) is 4.79 Å². The first kappa shape index (κ1) is 16.5. The second kappa shape index (κ2) is 5.40. The van der Waals surface area contributed by atoms with Gasteiger partial charge in [0.05, 0.1) is 12.8 Å². The number of benzene rings is 1. The van der Waals surface area contributed by atoms with Gasteiger partial charge in [-0.1, -0.05) is 28.1 Å². The lowest BCUT2D eigenvalue weighted by Crippen LogP contribution is -2.54. The standard InChI is InChI=1S/C13H9BrF3NO4/c1-22-10(19)8-9(6-2-4-7(14)5-3-6)18-11(20)12(8,21)13(15,16)17/h2-5,21H,1H3,(H,18,20). The summed E-state index contributed by atoms with van der Waals surface area (Å²) in [7, 11) is 0.855. The maximum atomic E-state index is 13.1. The fourth-order valence-electron chi connectivity index (χ4n) is 2.02. The molecule has 5 nitrogen and oxygen atoms in total. The third-order valence-corrected chi connectivity index (χ3v) is 3.64. The van der Waals surface area contributed by atoms with Crippen molar-refractivity contribution in [2.75, 3.05) is 7.11 Å². The highest BCUT2D eigenvalue weighted by Gasteiger charge is 2.68. The number of carbonyl (C=O) groups is 2. The zero-order valence-electron chi connectivity index (χ0n) is 11.0. The van der Waals surface area contributed by atoms with Crippen molar-refractivity contribution in [1.82, 2.24) is 5.32 Å². The summed E-state index contributed by atoms with van der Waals surface area (Å²) < 4.78 is 44.3. The highest BCUT2D eigenvalue weighted by molar-refractivity contribution is 9.10. The van der Waals surface area contributed by atoms with E-state index in [1.807, 2.05) is 5.32 Å². The molecule has 1 atom stereocenters. The predicted molar refractivity (Wildman–Crippen MR) is 72.2 cm³/mol. The lowest BCUT2D eigenvalue weighted by atomic mass is 9.92. The Morgan fingerprint density at radius 1 is 1.32 bits per heavy atom. The molecule has 0 saturated heterocycles. The molecule has 1 heterocycles. The van der Waals surface area contributed by atoms with Crippen LogP contribution in [0.25, 0.3) is 5.70 Å². The fourth-order valence-corrected chi connectivity index (χ4v) is 2.28. The molecule has 2 rings (SSSR count). The number of esters is 1. The lowest BCUT2D eigenvalue weighted by Gasteiger charge is -2.24. The Morgan fingerprint density at radius 3 is 2.32 bits per heavy atom. The van der Waals surface area contributed by atoms with E-state index in [-0.39, 0.29) is 5.56 Å². The maximum Gasteiger partial charge on any atom is 0.431 e. The Morgan fingerprint density at radius 2 is 1.86 bits per heavy atom. The number of halogens is 4. The van der Waals surface area contributed by atoms with Gasteiger partial charge in [0.1, 0.15) is 5.57 Å². The minimum Gasteiger partial charge on any atom is -0.466 e. The average Bonchev–Trinajstić information content (AvgIpc) is 2.72. The van der Waals surface area contributed by atoms with E-state index in [1.165, 1.54) is 24.3 Å². The van der Waals surface area contributed by atoms with E-state index >= 15 is 0 Å². The summed E-state index contributed by atoms with van der Waals surface area (Å²) in [5.74, 6) is -3.20. The van der Waals surface area contributed by atoms with Crippen LogP contribution in [0.4, 0.5) is 13.2 Å². The molecule has 1 aromatic carbocycles. The molecule has 1 aliphatic rings. The van der Waals surface area contributed by atoms with Crippen molar-refractivity contribution in [3.05, 3.63) is 39.9 Å². The van der Waals surface area contributed by atoms with E-state index in [4.69, 9.17) is 0 Å². The summed E-state index contributed by atoms with van der Waals surface area (Å²) in [6.07, 6.45) is -5.38. The molecule has 0 saturated carbocycles. The lowest BCUT2D eigenvalue weighted by molar-refractivity contribution is -0.236. The summed E-state index contributed by atoms with van der Waals surface area (Å²) in [5.41, 5.74) is -5.46. The summed E-state index contributed by atoms with van der Waals surface area (Å²) in [4.78, 5) is 23.4. The van der Waals surface area contributed by atoms with Gasteiger partial charge in [0.25, 0.3) is 11.5 Å². The Kier molecular flexibility index (Phi) is 4.05. The molecular formula is C13H9BrF3NO4. The smallest absolute Gasteiger partial charge is 0.431 e. The molecule has 0 fully saturated rings. The molecule has 0 radical (unpaired) electrons. The van der Waals surface area contributed by atoms with Crippen LogP contribution in [-0.4, -0.2) is 35.9 Å². The first-order valence-electron chi connectivity index (χ1n) is 5.82. The highest BCUT2D eigenvalue weighted by Crippen LogP contribution is 2.43. The molecule has 9 heteroatoms. The van der Waals surface area contributed by atoms with Gasteiger partial charge < -0.3 is 15.2 Å². The van der Waals surface area contributed by atoms with Crippen LogP contribution in [0.1, 0.15) is 5.56 Å². The number of amides is 1. The normalized spacial score (nSPS) is 21.8. The van der Waals surface area contributed by atoms with Gasteiger partial charge in [0.15, 0.2) is 0 Å². The van der Waals surface area contributed by atoms with Crippen LogP contribution in [0.3, 0.4) is 0 Å². The predicted octanol–water partition coefficient (Wildman–Crippen LogP) is 1.76. The average molecular weight is 380 g/mol. The molecule has 1 aromatic rings. The van der Waals surface area contributed by atoms with Crippen LogP contribution in [0, 0.1) is 0 Å². The first-order chi connectivity index (χ1) is 10.1. The second-order valence-corrected chi connectivity index (χ2v) is 5.33. The van der Waals surface area contributed by atoms with Gasteiger partial charge in [0.2, 0.25) is 0 Å². The van der Waals surface area contributed by atoms with Crippen molar-refractivity contribution in [2.45, 2.75) is 11.8 Å². The van der Waals surface area contributed by atoms with Crippen LogP contribution < -0.4 is 5.32 Å². The van der Waals surface area contributed by atoms with Gasteiger partial charge in [0, 0.05) is 4.47 Å². The number of alkyl halides is 3. The number of ether oxygens (including phenoxy) is 1. The molecule has 22 heavy (non-hydrogen) atoms. The third-order valence-electron chi connectivity index (χ3n) is 3.11. The van der Waals surface area contributed by atoms with E-state index in [2.05, 4.69) is 20.7 Å². The van der Waals surface area contributed by atoms with Crippen LogP contribution in [0.15, 0.2) is 34.3 Å². The van der Waals surface area contributed by atoms with Crippen LogP contribution in [-0.2, 0) is 14.3 Å². The number of nitrogens with one attached hydrogen (secondary N) is 1. The molecule has 0 aliphatic carbocycles. The molecule has 0 bridgehead atoms. The van der Waals surface area contributed by atoms with Crippen molar-refractivity contribution in [1.29, 1.82) is 0 Å². The quantitative estimate of drug-likeness (QED) is 0.767. The van der Waals surface area contributed by atoms with E-state index in [9.17, 15) is 27.9 Å². The van der Waals surface area contributed by atoms with Crippen LogP contribution in [0.5, 0.6) is 0 Å². The molecular weight excluding hydrogens is 371 g/mol. The summed E-state index contributed by atoms with van der Waals surface area (Å²) in [5, 5.41) is 11.7. The first-order valence-corrected chi connectivity index (χ1v) is 6.61.